The molecule has 2 aromatic rings. The van der Waals surface area contributed by atoms with E-state index < -0.39 is 0 Å². The van der Waals surface area contributed by atoms with Crippen LogP contribution in [0.1, 0.15) is 29.1 Å². The smallest absolute Gasteiger partial charge is 0.274 e. The Hall–Kier alpha value is -2.39. The molecule has 2 fully saturated rings. The number of fused-ring (bicyclic) bond motifs is 1. The number of H-pyrrole nitrogens is 1. The van der Waals surface area contributed by atoms with E-state index in [-0.39, 0.29) is 23.8 Å². The van der Waals surface area contributed by atoms with Crippen LogP contribution in [0.5, 0.6) is 0 Å². The van der Waals surface area contributed by atoms with Gasteiger partial charge in [-0.25, -0.2) is 9.97 Å². The van der Waals surface area contributed by atoms with E-state index in [1.54, 1.807) is 11.1 Å². The minimum Gasteiger partial charge on any atom is -0.396 e. The maximum Gasteiger partial charge on any atom is 0.274 e. The van der Waals surface area contributed by atoms with E-state index in [0.717, 1.165) is 31.2 Å². The Kier molecular flexibility index (Phi) is 4.41. The Morgan fingerprint density at radius 3 is 2.92 bits per heavy atom. The molecular weight excluding hydrogens is 334 g/mol. The molecule has 2 N–H and O–H groups in total. The van der Waals surface area contributed by atoms with Crippen molar-refractivity contribution in [1.82, 2.24) is 34.9 Å². The third-order valence-electron chi connectivity index (χ3n) is 5.48. The number of aliphatic hydroxyl groups is 1. The number of likely N-dealkylation sites (tertiary alicyclic amines) is 2. The number of amides is 1. The van der Waals surface area contributed by atoms with Gasteiger partial charge in [-0.3, -0.25) is 19.8 Å². The van der Waals surface area contributed by atoms with Crippen molar-refractivity contribution in [3.8, 4) is 0 Å². The first-order valence-electron chi connectivity index (χ1n) is 8.92. The Morgan fingerprint density at radius 2 is 2.27 bits per heavy atom. The first-order chi connectivity index (χ1) is 12.6. The van der Waals surface area contributed by atoms with E-state index in [2.05, 4.69) is 30.0 Å². The largest absolute Gasteiger partial charge is 0.396 e. The van der Waals surface area contributed by atoms with Crippen LogP contribution >= 0.6 is 0 Å². The van der Waals surface area contributed by atoms with Crippen molar-refractivity contribution < 1.29 is 9.90 Å². The highest BCUT2D eigenvalue weighted by atomic mass is 16.3. The molecule has 2 aliphatic rings. The van der Waals surface area contributed by atoms with Crippen LogP contribution in [0.2, 0.25) is 0 Å². The van der Waals surface area contributed by atoms with Gasteiger partial charge in [0.15, 0.2) is 0 Å². The van der Waals surface area contributed by atoms with Crippen LogP contribution in [0.4, 0.5) is 0 Å². The highest BCUT2D eigenvalue weighted by Crippen LogP contribution is 2.42. The minimum atomic E-state index is -0.286. The molecule has 2 atom stereocenters. The van der Waals surface area contributed by atoms with Gasteiger partial charge in [-0.1, -0.05) is 6.92 Å². The molecule has 0 saturated carbocycles. The van der Waals surface area contributed by atoms with Gasteiger partial charge >= 0.3 is 0 Å². The van der Waals surface area contributed by atoms with Gasteiger partial charge in [-0.15, -0.1) is 0 Å². The molecule has 0 aliphatic carbocycles. The second-order valence-corrected chi connectivity index (χ2v) is 7.22. The van der Waals surface area contributed by atoms with E-state index in [1.165, 1.54) is 12.4 Å². The number of aliphatic hydroxyl groups excluding tert-OH is 1. The number of carbonyl (C=O) groups is 1. The fourth-order valence-electron chi connectivity index (χ4n) is 4.14. The predicted octanol–water partition coefficient (Wildman–Crippen LogP) is -0.276. The lowest BCUT2D eigenvalue weighted by molar-refractivity contribution is 0.0712. The van der Waals surface area contributed by atoms with Gasteiger partial charge in [0.25, 0.3) is 5.91 Å². The van der Waals surface area contributed by atoms with Crippen molar-refractivity contribution in [1.29, 1.82) is 0 Å². The summed E-state index contributed by atoms with van der Waals surface area (Å²) in [7, 11) is 0. The van der Waals surface area contributed by atoms with E-state index in [0.29, 0.717) is 25.3 Å². The number of aryl methyl sites for hydroxylation is 1. The molecule has 26 heavy (non-hydrogen) atoms. The van der Waals surface area contributed by atoms with Gasteiger partial charge in [0.1, 0.15) is 17.3 Å². The van der Waals surface area contributed by atoms with Crippen molar-refractivity contribution in [3.05, 3.63) is 35.9 Å². The van der Waals surface area contributed by atoms with Gasteiger partial charge in [-0.05, 0) is 5.92 Å². The SMILES string of the molecule is CCc1n[nH]c(CN2CC3CN(C(=O)c4cnccn4)CC3(CO)C2)n1. The minimum absolute atomic E-state index is 0.0645. The van der Waals surface area contributed by atoms with Crippen LogP contribution in [-0.4, -0.2) is 78.7 Å². The summed E-state index contributed by atoms with van der Waals surface area (Å²) < 4.78 is 0. The molecule has 1 amide bonds. The average Bonchev–Trinajstić information content (AvgIpc) is 3.34. The summed E-state index contributed by atoms with van der Waals surface area (Å²) in [6.45, 7) is 5.50. The summed E-state index contributed by atoms with van der Waals surface area (Å²) in [6.07, 6.45) is 5.37. The molecule has 2 aliphatic heterocycles. The number of nitrogens with one attached hydrogen (secondary N) is 1. The molecule has 2 unspecified atom stereocenters. The van der Waals surface area contributed by atoms with Crippen LogP contribution in [0.15, 0.2) is 18.6 Å². The molecule has 0 radical (unpaired) electrons. The summed E-state index contributed by atoms with van der Waals surface area (Å²) >= 11 is 0. The number of nitrogens with zero attached hydrogens (tertiary/aromatic N) is 6. The number of aromatic nitrogens is 5. The molecule has 4 heterocycles. The number of hydrogen-bond acceptors (Lipinski definition) is 7. The van der Waals surface area contributed by atoms with E-state index in [9.17, 15) is 9.90 Å². The molecule has 9 heteroatoms. The predicted molar refractivity (Wildman–Crippen MR) is 92.0 cm³/mol. The van der Waals surface area contributed by atoms with Crippen molar-refractivity contribution in [2.45, 2.75) is 19.9 Å². The van der Waals surface area contributed by atoms with Crippen molar-refractivity contribution >= 4 is 5.91 Å². The summed E-state index contributed by atoms with van der Waals surface area (Å²) in [5, 5.41) is 17.3. The van der Waals surface area contributed by atoms with Gasteiger partial charge < -0.3 is 10.0 Å². The van der Waals surface area contributed by atoms with Crippen molar-refractivity contribution in [3.63, 3.8) is 0 Å². The van der Waals surface area contributed by atoms with Crippen LogP contribution < -0.4 is 0 Å². The Bertz CT molecular complexity index is 780. The number of aromatic amines is 1. The quantitative estimate of drug-likeness (QED) is 0.757. The highest BCUT2D eigenvalue weighted by Gasteiger charge is 2.53. The third-order valence-corrected chi connectivity index (χ3v) is 5.48. The fourth-order valence-corrected chi connectivity index (χ4v) is 4.14. The monoisotopic (exact) mass is 357 g/mol. The van der Waals surface area contributed by atoms with Crippen molar-refractivity contribution in [2.75, 3.05) is 32.8 Å². The maximum atomic E-state index is 12.6. The van der Waals surface area contributed by atoms with Crippen LogP contribution in [0.25, 0.3) is 0 Å². The molecule has 2 aromatic heterocycles. The van der Waals surface area contributed by atoms with Crippen LogP contribution in [-0.2, 0) is 13.0 Å². The topological polar surface area (TPSA) is 111 Å². The molecule has 2 saturated heterocycles. The molecule has 4 rings (SSSR count). The molecule has 0 bridgehead atoms. The molecular formula is C17H23N7O2. The fraction of sp³-hybridized carbons (Fsp3) is 0.588. The average molecular weight is 357 g/mol. The lowest BCUT2D eigenvalue weighted by Crippen LogP contribution is -2.39. The Labute approximate surface area is 151 Å². The normalized spacial score (nSPS) is 25.6. The lowest BCUT2D eigenvalue weighted by atomic mass is 9.82. The Balaban J connectivity index is 1.43. The second kappa shape index (κ2) is 6.73. The third kappa shape index (κ3) is 2.97. The number of hydrogen-bond donors (Lipinski definition) is 2. The van der Waals surface area contributed by atoms with E-state index >= 15 is 0 Å². The van der Waals surface area contributed by atoms with Gasteiger partial charge in [0, 0.05) is 50.4 Å². The van der Waals surface area contributed by atoms with Crippen LogP contribution in [0, 0.1) is 11.3 Å². The molecule has 138 valence electrons. The first kappa shape index (κ1) is 17.0. The summed E-state index contributed by atoms with van der Waals surface area (Å²) in [6, 6.07) is 0. The summed E-state index contributed by atoms with van der Waals surface area (Å²) in [5.41, 5.74) is 0.0667. The summed E-state index contributed by atoms with van der Waals surface area (Å²) in [5.74, 6) is 1.79. The van der Waals surface area contributed by atoms with Crippen LogP contribution in [0.3, 0.4) is 0 Å². The van der Waals surface area contributed by atoms with Gasteiger partial charge in [0.2, 0.25) is 0 Å². The highest BCUT2D eigenvalue weighted by molar-refractivity contribution is 5.92. The second-order valence-electron chi connectivity index (χ2n) is 7.22. The van der Waals surface area contributed by atoms with Gasteiger partial charge in [-0.2, -0.15) is 5.10 Å². The zero-order valence-electron chi connectivity index (χ0n) is 14.8. The standard InChI is InChI=1S/C17H23N7O2/c1-2-14-20-15(22-21-14)8-23-6-12-7-24(10-17(12,9-23)11-25)16(26)13-5-18-3-4-19-13/h3-5,12,25H,2,6-11H2,1H3,(H,20,21,22). The van der Waals surface area contributed by atoms with E-state index in [4.69, 9.17) is 0 Å². The molecule has 0 aromatic carbocycles. The van der Waals surface area contributed by atoms with Crippen molar-refractivity contribution in [2.24, 2.45) is 11.3 Å². The first-order valence-corrected chi connectivity index (χ1v) is 8.92. The summed E-state index contributed by atoms with van der Waals surface area (Å²) in [4.78, 5) is 29.3. The lowest BCUT2D eigenvalue weighted by Gasteiger charge is -2.27. The van der Waals surface area contributed by atoms with Gasteiger partial charge in [0.05, 0.1) is 19.3 Å². The molecule has 0 spiro atoms. The number of rotatable bonds is 5. The molecule has 9 nitrogen and oxygen atoms in total. The zero-order valence-corrected chi connectivity index (χ0v) is 14.8. The Morgan fingerprint density at radius 1 is 1.38 bits per heavy atom. The maximum absolute atomic E-state index is 12.6. The van der Waals surface area contributed by atoms with E-state index in [1.807, 2.05) is 6.92 Å². The zero-order chi connectivity index (χ0) is 18.1. The number of carbonyl (C=O) groups excluding carboxylic acids is 1.